The van der Waals surface area contributed by atoms with Crippen molar-refractivity contribution in [3.05, 3.63) is 133 Å². The lowest BCUT2D eigenvalue weighted by atomic mass is 9.89. The summed E-state index contributed by atoms with van der Waals surface area (Å²) in [6.07, 6.45) is 0. The zero-order chi connectivity index (χ0) is 25.1. The molecular weight excluding hydrogens is 497 g/mol. The fourth-order valence-corrected chi connectivity index (χ4v) is 8.29. The molecular formula is C36H22S2. The van der Waals surface area contributed by atoms with Crippen molar-refractivity contribution < 1.29 is 0 Å². The van der Waals surface area contributed by atoms with E-state index in [1.54, 1.807) is 0 Å². The summed E-state index contributed by atoms with van der Waals surface area (Å²) in [6.45, 7) is 0. The van der Waals surface area contributed by atoms with Gasteiger partial charge in [0.15, 0.2) is 0 Å². The summed E-state index contributed by atoms with van der Waals surface area (Å²) in [5.41, 5.74) is 7.70. The average Bonchev–Trinajstić information content (AvgIpc) is 3.56. The van der Waals surface area contributed by atoms with Crippen LogP contribution in [0.5, 0.6) is 0 Å². The fraction of sp³-hybridized carbons (Fsp3) is 0. The van der Waals surface area contributed by atoms with Gasteiger partial charge in [-0.2, -0.15) is 0 Å². The largest absolute Gasteiger partial charge is 0.135 e. The Bertz CT molecular complexity index is 1990. The van der Waals surface area contributed by atoms with Crippen LogP contribution < -0.4 is 0 Å². The highest BCUT2D eigenvalue weighted by atomic mass is 32.1. The van der Waals surface area contributed by atoms with Crippen LogP contribution in [0.15, 0.2) is 133 Å². The van der Waals surface area contributed by atoms with E-state index in [1.165, 1.54) is 73.7 Å². The predicted octanol–water partition coefficient (Wildman–Crippen LogP) is 11.4. The molecule has 178 valence electrons. The SMILES string of the molecule is c1ccc(-c2cccc3c2sc2ccccc23)c(-c2ccccc2-c2cccc3c2sc2ccccc23)c1. The third-order valence-corrected chi connectivity index (χ3v) is 9.97. The van der Waals surface area contributed by atoms with E-state index in [-0.39, 0.29) is 0 Å². The molecule has 0 atom stereocenters. The highest BCUT2D eigenvalue weighted by molar-refractivity contribution is 7.26. The van der Waals surface area contributed by atoms with Gasteiger partial charge < -0.3 is 0 Å². The van der Waals surface area contributed by atoms with Crippen LogP contribution in [-0.2, 0) is 0 Å². The zero-order valence-electron chi connectivity index (χ0n) is 20.5. The number of fused-ring (bicyclic) bond motifs is 6. The Morgan fingerprint density at radius 3 is 1.03 bits per heavy atom. The number of benzene rings is 6. The smallest absolute Gasteiger partial charge is 0.0434 e. The number of thiophene rings is 2. The summed E-state index contributed by atoms with van der Waals surface area (Å²) in [4.78, 5) is 0. The highest BCUT2D eigenvalue weighted by Crippen LogP contribution is 2.46. The van der Waals surface area contributed by atoms with Crippen LogP contribution >= 0.6 is 22.7 Å². The third-order valence-electron chi connectivity index (χ3n) is 7.53. The minimum Gasteiger partial charge on any atom is -0.135 e. The van der Waals surface area contributed by atoms with Crippen molar-refractivity contribution in [1.82, 2.24) is 0 Å². The highest BCUT2D eigenvalue weighted by Gasteiger charge is 2.17. The van der Waals surface area contributed by atoms with E-state index < -0.39 is 0 Å². The zero-order valence-corrected chi connectivity index (χ0v) is 22.2. The number of rotatable bonds is 3. The van der Waals surface area contributed by atoms with Gasteiger partial charge in [0.2, 0.25) is 0 Å². The topological polar surface area (TPSA) is 0 Å². The molecule has 8 rings (SSSR count). The summed E-state index contributed by atoms with van der Waals surface area (Å²) in [6, 6.07) is 48.8. The summed E-state index contributed by atoms with van der Waals surface area (Å²) < 4.78 is 5.38. The summed E-state index contributed by atoms with van der Waals surface area (Å²) in [5, 5.41) is 5.34. The molecule has 2 aromatic heterocycles. The van der Waals surface area contributed by atoms with Crippen LogP contribution in [-0.4, -0.2) is 0 Å². The van der Waals surface area contributed by atoms with Crippen LogP contribution in [0.2, 0.25) is 0 Å². The quantitative estimate of drug-likeness (QED) is 0.218. The average molecular weight is 519 g/mol. The Morgan fingerprint density at radius 2 is 0.579 bits per heavy atom. The first-order chi connectivity index (χ1) is 18.9. The maximum absolute atomic E-state index is 2.28. The Hall–Kier alpha value is -4.24. The van der Waals surface area contributed by atoms with Gasteiger partial charge in [0.1, 0.15) is 0 Å². The fourth-order valence-electron chi connectivity index (χ4n) is 5.82. The first-order valence-corrected chi connectivity index (χ1v) is 14.5. The van der Waals surface area contributed by atoms with Gasteiger partial charge in [-0.3, -0.25) is 0 Å². The molecule has 0 fully saturated rings. The Labute approximate surface area is 229 Å². The Morgan fingerprint density at radius 1 is 0.263 bits per heavy atom. The van der Waals surface area contributed by atoms with Gasteiger partial charge >= 0.3 is 0 Å². The van der Waals surface area contributed by atoms with E-state index in [9.17, 15) is 0 Å². The minimum absolute atomic E-state index is 1.27. The second kappa shape index (κ2) is 8.66. The lowest BCUT2D eigenvalue weighted by molar-refractivity contribution is 1.59. The van der Waals surface area contributed by atoms with Crippen LogP contribution in [0.4, 0.5) is 0 Å². The maximum atomic E-state index is 2.28. The Balaban J connectivity index is 1.39. The molecule has 0 spiro atoms. The van der Waals surface area contributed by atoms with Crippen molar-refractivity contribution in [1.29, 1.82) is 0 Å². The Kier molecular flexibility index (Phi) is 4.97. The van der Waals surface area contributed by atoms with Crippen molar-refractivity contribution in [3.63, 3.8) is 0 Å². The third kappa shape index (κ3) is 3.28. The molecule has 0 aliphatic heterocycles. The standard InChI is InChI=1S/C36H22S2/c1-3-13-25(29-17-9-19-31-27-15-5-7-21-33(27)37-35(29)31)23(11-1)24-12-2-4-14-26(24)30-18-10-20-32-28-16-6-8-22-34(28)38-36(30)32/h1-22H. The molecule has 0 amide bonds. The number of hydrogen-bond acceptors (Lipinski definition) is 2. The van der Waals surface area contributed by atoms with E-state index in [4.69, 9.17) is 0 Å². The van der Waals surface area contributed by atoms with Crippen molar-refractivity contribution in [2.24, 2.45) is 0 Å². The predicted molar refractivity (Wildman–Crippen MR) is 169 cm³/mol. The molecule has 38 heavy (non-hydrogen) atoms. The molecule has 2 heterocycles. The lowest BCUT2D eigenvalue weighted by Crippen LogP contribution is -1.89. The van der Waals surface area contributed by atoms with Gasteiger partial charge in [0.05, 0.1) is 0 Å². The van der Waals surface area contributed by atoms with Gasteiger partial charge in [-0.1, -0.05) is 121 Å². The van der Waals surface area contributed by atoms with Crippen molar-refractivity contribution in [2.45, 2.75) is 0 Å². The monoisotopic (exact) mass is 518 g/mol. The minimum atomic E-state index is 1.27. The lowest BCUT2D eigenvalue weighted by Gasteiger charge is -2.16. The molecule has 0 N–H and O–H groups in total. The first kappa shape index (κ1) is 21.8. The molecule has 0 saturated carbocycles. The molecule has 8 aromatic rings. The van der Waals surface area contributed by atoms with E-state index in [1.807, 2.05) is 22.7 Å². The van der Waals surface area contributed by atoms with E-state index >= 15 is 0 Å². The molecule has 0 unspecified atom stereocenters. The second-order valence-electron chi connectivity index (χ2n) is 9.65. The molecule has 0 bridgehead atoms. The molecule has 0 aliphatic carbocycles. The van der Waals surface area contributed by atoms with Gasteiger partial charge in [-0.25, -0.2) is 0 Å². The van der Waals surface area contributed by atoms with Crippen molar-refractivity contribution >= 4 is 63.0 Å². The molecule has 0 aliphatic rings. The van der Waals surface area contributed by atoms with Crippen molar-refractivity contribution in [3.8, 4) is 33.4 Å². The van der Waals surface area contributed by atoms with E-state index in [2.05, 4.69) is 133 Å². The van der Waals surface area contributed by atoms with Crippen LogP contribution in [0.25, 0.3) is 73.7 Å². The normalized spacial score (nSPS) is 11.7. The maximum Gasteiger partial charge on any atom is 0.0434 e. The van der Waals surface area contributed by atoms with E-state index in [0.29, 0.717) is 0 Å². The van der Waals surface area contributed by atoms with Gasteiger partial charge in [0.25, 0.3) is 0 Å². The summed E-state index contributed by atoms with van der Waals surface area (Å²) >= 11 is 3.79. The van der Waals surface area contributed by atoms with Gasteiger partial charge in [0, 0.05) is 51.5 Å². The van der Waals surface area contributed by atoms with Gasteiger partial charge in [-0.15, -0.1) is 22.7 Å². The molecule has 2 heteroatoms. The first-order valence-electron chi connectivity index (χ1n) is 12.9. The van der Waals surface area contributed by atoms with Gasteiger partial charge in [-0.05, 0) is 34.4 Å². The van der Waals surface area contributed by atoms with Crippen LogP contribution in [0, 0.1) is 0 Å². The number of hydrogen-bond donors (Lipinski definition) is 0. The molecule has 0 saturated heterocycles. The van der Waals surface area contributed by atoms with Crippen LogP contribution in [0.3, 0.4) is 0 Å². The second-order valence-corrected chi connectivity index (χ2v) is 11.8. The molecule has 0 nitrogen and oxygen atoms in total. The molecule has 6 aromatic carbocycles. The summed E-state index contributed by atoms with van der Waals surface area (Å²) in [7, 11) is 0. The summed E-state index contributed by atoms with van der Waals surface area (Å²) in [5.74, 6) is 0. The van der Waals surface area contributed by atoms with E-state index in [0.717, 1.165) is 0 Å². The van der Waals surface area contributed by atoms with Crippen molar-refractivity contribution in [2.75, 3.05) is 0 Å². The van der Waals surface area contributed by atoms with Crippen LogP contribution in [0.1, 0.15) is 0 Å². The molecule has 0 radical (unpaired) electrons.